The van der Waals surface area contributed by atoms with Gasteiger partial charge in [0.1, 0.15) is 6.10 Å². The summed E-state index contributed by atoms with van der Waals surface area (Å²) >= 11 is 0. The van der Waals surface area contributed by atoms with Crippen LogP contribution in [0.15, 0.2) is 0 Å². The van der Waals surface area contributed by atoms with Crippen LogP contribution < -0.4 is 0 Å². The Hall–Kier alpha value is -1.14. The van der Waals surface area contributed by atoms with E-state index in [4.69, 9.17) is 20.1 Å². The molecule has 0 aliphatic carbocycles. The number of rotatable bonds is 39. The van der Waals surface area contributed by atoms with Crippen molar-refractivity contribution in [2.45, 2.75) is 251 Å². The Labute approximate surface area is 305 Å². The predicted octanol–water partition coefficient (Wildman–Crippen LogP) is 13.0. The number of carboxylic acids is 1. The first-order valence-corrected chi connectivity index (χ1v) is 21.6. The van der Waals surface area contributed by atoms with Gasteiger partial charge in [-0.2, -0.15) is 0 Å². The van der Waals surface area contributed by atoms with Crippen molar-refractivity contribution in [3.63, 3.8) is 0 Å². The Morgan fingerprint density at radius 1 is 0.388 bits per heavy atom. The van der Waals surface area contributed by atoms with Gasteiger partial charge in [-0.25, -0.2) is 0 Å². The molecule has 0 aromatic carbocycles. The van der Waals surface area contributed by atoms with Crippen molar-refractivity contribution in [1.82, 2.24) is 0 Å². The van der Waals surface area contributed by atoms with Gasteiger partial charge in [0, 0.05) is 12.8 Å². The lowest BCUT2D eigenvalue weighted by Crippen LogP contribution is -2.25. The van der Waals surface area contributed by atoms with E-state index >= 15 is 0 Å². The topological polar surface area (TPSA) is 104 Å². The van der Waals surface area contributed by atoms with Crippen LogP contribution in [-0.2, 0) is 14.3 Å². The van der Waals surface area contributed by atoms with E-state index in [0.29, 0.717) is 12.8 Å². The third-order valence-electron chi connectivity index (χ3n) is 9.68. The molecule has 0 saturated carbocycles. The lowest BCUT2D eigenvalue weighted by Gasteiger charge is -2.12. The van der Waals surface area contributed by atoms with Crippen molar-refractivity contribution in [2.75, 3.05) is 13.2 Å². The van der Waals surface area contributed by atoms with Crippen molar-refractivity contribution in [3.05, 3.63) is 0 Å². The highest BCUT2D eigenvalue weighted by molar-refractivity contribution is 5.69. The number of hydrogen-bond acceptors (Lipinski definition) is 5. The Kier molecular flexibility index (Phi) is 45.8. The van der Waals surface area contributed by atoms with Crippen molar-refractivity contribution in [1.29, 1.82) is 0 Å². The molecule has 0 aliphatic heterocycles. The summed E-state index contributed by atoms with van der Waals surface area (Å²) in [4.78, 5) is 21.8. The van der Waals surface area contributed by atoms with Crippen LogP contribution in [0.5, 0.6) is 0 Å². The Morgan fingerprint density at radius 2 is 0.612 bits per heavy atom. The molecule has 0 bridgehead atoms. The normalized spacial score (nSPS) is 11.1. The molecule has 0 spiro atoms. The fourth-order valence-electron chi connectivity index (χ4n) is 6.37. The summed E-state index contributed by atoms with van der Waals surface area (Å²) in [6, 6.07) is 0. The molecule has 294 valence electrons. The van der Waals surface area contributed by atoms with Gasteiger partial charge in [0.15, 0.2) is 0 Å². The molecule has 0 aromatic heterocycles. The molecule has 0 rings (SSSR count). The first kappa shape index (κ1) is 50.0. The molecule has 3 N–H and O–H groups in total. The van der Waals surface area contributed by atoms with Crippen LogP contribution in [0.25, 0.3) is 0 Å². The SMILES string of the molecule is CCCCCCCCCCCCCCCCCC(=O)O.CCCCCCCCCCCCCCCCCCCCCC(=O)OC(CO)CO. The smallest absolute Gasteiger partial charge is 0.306 e. The Morgan fingerprint density at radius 3 is 0.837 bits per heavy atom. The molecule has 0 fully saturated rings. The third-order valence-corrected chi connectivity index (χ3v) is 9.68. The van der Waals surface area contributed by atoms with Gasteiger partial charge in [-0.05, 0) is 12.8 Å². The van der Waals surface area contributed by atoms with E-state index in [0.717, 1.165) is 25.7 Å². The number of ether oxygens (including phenoxy) is 1. The summed E-state index contributed by atoms with van der Waals surface area (Å²) in [5.74, 6) is -0.968. The van der Waals surface area contributed by atoms with E-state index in [9.17, 15) is 9.59 Å². The average molecular weight is 699 g/mol. The maximum Gasteiger partial charge on any atom is 0.306 e. The summed E-state index contributed by atoms with van der Waals surface area (Å²) in [6.45, 7) is 3.91. The molecule has 0 unspecified atom stereocenters. The second kappa shape index (κ2) is 44.9. The molecule has 0 radical (unpaired) electrons. The summed E-state index contributed by atoms with van der Waals surface area (Å²) in [6.07, 6.45) is 45.2. The standard InChI is InChI=1S/C25H50O4.C18H36O2/c1-2-3-4-5-6-7-8-9-10-11-12-13-14-15-16-17-18-19-20-21-25(28)29-24(22-26)23-27;1-2-3-4-5-6-7-8-9-10-11-12-13-14-15-16-17-18(19)20/h24,26-27H,2-23H2,1H3;2-17H2,1H3,(H,19,20). The molecule has 0 aliphatic rings. The van der Waals surface area contributed by atoms with Crippen LogP contribution in [0, 0.1) is 0 Å². The zero-order valence-corrected chi connectivity index (χ0v) is 33.0. The molecule has 6 heteroatoms. The number of esters is 1. The molecule has 49 heavy (non-hydrogen) atoms. The van der Waals surface area contributed by atoms with Gasteiger partial charge in [-0.15, -0.1) is 0 Å². The van der Waals surface area contributed by atoms with Gasteiger partial charge >= 0.3 is 11.9 Å². The average Bonchev–Trinajstić information content (AvgIpc) is 3.10. The van der Waals surface area contributed by atoms with Crippen LogP contribution in [0.1, 0.15) is 245 Å². The van der Waals surface area contributed by atoms with Crippen molar-refractivity contribution < 1.29 is 29.6 Å². The van der Waals surface area contributed by atoms with Crippen LogP contribution in [0.3, 0.4) is 0 Å². The minimum atomic E-state index is -0.761. The van der Waals surface area contributed by atoms with Crippen LogP contribution >= 0.6 is 0 Å². The zero-order chi connectivity index (χ0) is 36.3. The fourth-order valence-corrected chi connectivity index (χ4v) is 6.37. The van der Waals surface area contributed by atoms with E-state index in [2.05, 4.69) is 13.8 Å². The number of hydrogen-bond donors (Lipinski definition) is 3. The van der Waals surface area contributed by atoms with Gasteiger partial charge in [0.05, 0.1) is 13.2 Å². The second-order valence-electron chi connectivity index (χ2n) is 14.7. The molecule has 0 amide bonds. The molecular weight excluding hydrogens is 612 g/mol. The number of unbranched alkanes of at least 4 members (excludes halogenated alkanes) is 32. The highest BCUT2D eigenvalue weighted by Gasteiger charge is 2.11. The van der Waals surface area contributed by atoms with E-state index in [1.165, 1.54) is 193 Å². The minimum absolute atomic E-state index is 0.315. The molecular formula is C43H86O6. The second-order valence-corrected chi connectivity index (χ2v) is 14.7. The van der Waals surface area contributed by atoms with Crippen molar-refractivity contribution >= 4 is 11.9 Å². The van der Waals surface area contributed by atoms with Gasteiger partial charge in [-0.1, -0.05) is 219 Å². The summed E-state index contributed by atoms with van der Waals surface area (Å²) in [5, 5.41) is 26.3. The summed E-state index contributed by atoms with van der Waals surface area (Å²) < 4.78 is 4.95. The minimum Gasteiger partial charge on any atom is -0.481 e. The van der Waals surface area contributed by atoms with Crippen molar-refractivity contribution in [3.8, 4) is 0 Å². The van der Waals surface area contributed by atoms with E-state index in [1.807, 2.05) is 0 Å². The third kappa shape index (κ3) is 46.9. The quantitative estimate of drug-likeness (QED) is 0.0436. The molecule has 0 saturated heterocycles. The highest BCUT2D eigenvalue weighted by atomic mass is 16.6. The summed E-state index contributed by atoms with van der Waals surface area (Å²) in [5.41, 5.74) is 0. The van der Waals surface area contributed by atoms with Crippen LogP contribution in [-0.4, -0.2) is 46.6 Å². The predicted molar refractivity (Wildman–Crippen MR) is 209 cm³/mol. The fraction of sp³-hybridized carbons (Fsp3) is 0.953. The number of aliphatic hydroxyl groups is 2. The van der Waals surface area contributed by atoms with Crippen LogP contribution in [0.4, 0.5) is 0 Å². The molecule has 0 heterocycles. The monoisotopic (exact) mass is 699 g/mol. The Bertz CT molecular complexity index is 636. The van der Waals surface area contributed by atoms with Gasteiger partial charge in [-0.3, -0.25) is 9.59 Å². The van der Waals surface area contributed by atoms with E-state index in [-0.39, 0.29) is 19.2 Å². The lowest BCUT2D eigenvalue weighted by molar-refractivity contribution is -0.153. The van der Waals surface area contributed by atoms with Crippen LogP contribution in [0.2, 0.25) is 0 Å². The van der Waals surface area contributed by atoms with E-state index < -0.39 is 12.1 Å². The number of carboxylic acid groups (broad SMARTS) is 1. The first-order valence-electron chi connectivity index (χ1n) is 21.6. The summed E-state index contributed by atoms with van der Waals surface area (Å²) in [7, 11) is 0. The molecule has 6 nitrogen and oxygen atoms in total. The maximum absolute atomic E-state index is 11.5. The number of aliphatic carboxylic acids is 1. The van der Waals surface area contributed by atoms with Gasteiger partial charge < -0.3 is 20.1 Å². The Balaban J connectivity index is 0. The molecule has 0 aromatic rings. The maximum atomic E-state index is 11.5. The number of carbonyl (C=O) groups excluding carboxylic acids is 1. The number of aliphatic hydroxyl groups excluding tert-OH is 2. The zero-order valence-electron chi connectivity index (χ0n) is 33.0. The van der Waals surface area contributed by atoms with Crippen molar-refractivity contribution in [2.24, 2.45) is 0 Å². The number of carbonyl (C=O) groups is 2. The van der Waals surface area contributed by atoms with Gasteiger partial charge in [0.25, 0.3) is 0 Å². The van der Waals surface area contributed by atoms with Gasteiger partial charge in [0.2, 0.25) is 0 Å². The lowest BCUT2D eigenvalue weighted by atomic mass is 10.0. The van der Waals surface area contributed by atoms with E-state index in [1.54, 1.807) is 0 Å². The molecule has 0 atom stereocenters. The first-order chi connectivity index (χ1) is 24.0. The largest absolute Gasteiger partial charge is 0.481 e. The highest BCUT2D eigenvalue weighted by Crippen LogP contribution is 2.16.